The smallest absolute Gasteiger partial charge is 0.144 e. The fourth-order valence-corrected chi connectivity index (χ4v) is 1.84. The average Bonchev–Trinajstić information content (AvgIpc) is 2.32. The molecular weight excluding hydrogens is 214 g/mol. The molecule has 4 heteroatoms. The van der Waals surface area contributed by atoms with E-state index in [4.69, 9.17) is 10.9 Å². The van der Waals surface area contributed by atoms with E-state index in [2.05, 4.69) is 24.3 Å². The van der Waals surface area contributed by atoms with E-state index >= 15 is 0 Å². The second-order valence-corrected chi connectivity index (χ2v) is 5.29. The van der Waals surface area contributed by atoms with Crippen LogP contribution in [0.4, 0.5) is 0 Å². The lowest BCUT2D eigenvalue weighted by Gasteiger charge is -2.22. The van der Waals surface area contributed by atoms with Crippen LogP contribution in [0.1, 0.15) is 59.8 Å². The number of nitrogens with zero attached hydrogens (tertiary/aromatic N) is 1. The first kappa shape index (κ1) is 16.2. The van der Waals surface area contributed by atoms with Crippen LogP contribution in [-0.2, 0) is 0 Å². The topological polar surface area (TPSA) is 70.6 Å². The van der Waals surface area contributed by atoms with E-state index in [0.29, 0.717) is 11.9 Å². The fourth-order valence-electron chi connectivity index (χ4n) is 1.84. The van der Waals surface area contributed by atoms with Crippen molar-refractivity contribution in [3.8, 4) is 0 Å². The van der Waals surface area contributed by atoms with Crippen LogP contribution in [0, 0.1) is 5.41 Å². The predicted octanol–water partition coefficient (Wildman–Crippen LogP) is 2.71. The van der Waals surface area contributed by atoms with E-state index in [1.165, 1.54) is 12.8 Å². The Bertz CT molecular complexity index is 223. The zero-order chi connectivity index (χ0) is 13.3. The van der Waals surface area contributed by atoms with Crippen LogP contribution in [0.15, 0.2) is 5.16 Å². The first-order chi connectivity index (χ1) is 7.97. The average molecular weight is 243 g/mol. The van der Waals surface area contributed by atoms with Gasteiger partial charge in [0.25, 0.3) is 0 Å². The molecule has 0 bridgehead atoms. The summed E-state index contributed by atoms with van der Waals surface area (Å²) in [6.07, 6.45) is 5.56. The van der Waals surface area contributed by atoms with E-state index < -0.39 is 0 Å². The van der Waals surface area contributed by atoms with Gasteiger partial charge in [0, 0.05) is 11.5 Å². The van der Waals surface area contributed by atoms with Crippen molar-refractivity contribution >= 4 is 5.84 Å². The molecule has 0 aromatic heterocycles. The van der Waals surface area contributed by atoms with Crippen LogP contribution in [0.25, 0.3) is 0 Å². The Morgan fingerprint density at radius 1 is 1.29 bits per heavy atom. The number of nitrogens with two attached hydrogens (primary N) is 1. The summed E-state index contributed by atoms with van der Waals surface area (Å²) >= 11 is 0. The van der Waals surface area contributed by atoms with Gasteiger partial charge in [-0.2, -0.15) is 0 Å². The highest BCUT2D eigenvalue weighted by molar-refractivity contribution is 5.85. The van der Waals surface area contributed by atoms with Gasteiger partial charge in [-0.05, 0) is 32.2 Å². The molecule has 0 saturated heterocycles. The number of unbranched alkanes of at least 4 members (excludes halogenated alkanes) is 1. The maximum Gasteiger partial charge on any atom is 0.144 e. The highest BCUT2D eigenvalue weighted by atomic mass is 16.4. The van der Waals surface area contributed by atoms with Crippen molar-refractivity contribution in [2.45, 2.75) is 65.8 Å². The van der Waals surface area contributed by atoms with Gasteiger partial charge in [-0.1, -0.05) is 39.3 Å². The van der Waals surface area contributed by atoms with Crippen molar-refractivity contribution in [3.63, 3.8) is 0 Å². The Hall–Kier alpha value is -0.770. The standard InChI is InChI=1S/C13H29N3O/c1-5-11(6-2)15-10-8-7-9-13(3,4)12(14)16-17/h11,15,17H,5-10H2,1-4H3,(H2,14,16). The maximum absolute atomic E-state index is 8.66. The summed E-state index contributed by atoms with van der Waals surface area (Å²) in [4.78, 5) is 0. The van der Waals surface area contributed by atoms with Crippen LogP contribution in [0.5, 0.6) is 0 Å². The first-order valence-electron chi connectivity index (χ1n) is 6.69. The molecular formula is C13H29N3O. The van der Waals surface area contributed by atoms with Crippen molar-refractivity contribution in [1.82, 2.24) is 5.32 Å². The van der Waals surface area contributed by atoms with E-state index in [-0.39, 0.29) is 5.41 Å². The van der Waals surface area contributed by atoms with Crippen molar-refractivity contribution in [2.75, 3.05) is 6.54 Å². The number of rotatable bonds is 9. The minimum absolute atomic E-state index is 0.205. The molecule has 0 fully saturated rings. The Kier molecular flexibility index (Phi) is 7.96. The van der Waals surface area contributed by atoms with Crippen molar-refractivity contribution < 1.29 is 5.21 Å². The van der Waals surface area contributed by atoms with E-state index in [1.807, 2.05) is 13.8 Å². The molecule has 0 atom stereocenters. The van der Waals surface area contributed by atoms with Gasteiger partial charge in [0.1, 0.15) is 5.84 Å². The van der Waals surface area contributed by atoms with Crippen LogP contribution in [-0.4, -0.2) is 23.6 Å². The lowest BCUT2D eigenvalue weighted by atomic mass is 9.86. The van der Waals surface area contributed by atoms with Gasteiger partial charge in [0.2, 0.25) is 0 Å². The summed E-state index contributed by atoms with van der Waals surface area (Å²) in [5.41, 5.74) is 5.44. The van der Waals surface area contributed by atoms with Crippen molar-refractivity contribution in [2.24, 2.45) is 16.3 Å². The van der Waals surface area contributed by atoms with Gasteiger partial charge < -0.3 is 16.3 Å². The van der Waals surface area contributed by atoms with Gasteiger partial charge in [-0.3, -0.25) is 0 Å². The van der Waals surface area contributed by atoms with Gasteiger partial charge in [0.15, 0.2) is 0 Å². The predicted molar refractivity (Wildman–Crippen MR) is 73.4 cm³/mol. The van der Waals surface area contributed by atoms with Gasteiger partial charge in [0.05, 0.1) is 0 Å². The summed E-state index contributed by atoms with van der Waals surface area (Å²) in [6, 6.07) is 0.645. The molecule has 0 rings (SSSR count). The molecule has 4 N–H and O–H groups in total. The number of amidine groups is 1. The second-order valence-electron chi connectivity index (χ2n) is 5.29. The summed E-state index contributed by atoms with van der Waals surface area (Å²) in [5.74, 6) is 0.324. The molecule has 0 unspecified atom stereocenters. The van der Waals surface area contributed by atoms with Crippen LogP contribution >= 0.6 is 0 Å². The lowest BCUT2D eigenvalue weighted by molar-refractivity contribution is 0.304. The monoisotopic (exact) mass is 243 g/mol. The third kappa shape index (κ3) is 6.51. The largest absolute Gasteiger partial charge is 0.409 e. The van der Waals surface area contributed by atoms with Crippen LogP contribution < -0.4 is 11.1 Å². The van der Waals surface area contributed by atoms with Crippen LogP contribution in [0.2, 0.25) is 0 Å². The van der Waals surface area contributed by atoms with Gasteiger partial charge >= 0.3 is 0 Å². The molecule has 0 aliphatic heterocycles. The number of oxime groups is 1. The molecule has 0 aromatic carbocycles. The number of nitrogens with one attached hydrogen (secondary N) is 1. The lowest BCUT2D eigenvalue weighted by Crippen LogP contribution is -2.32. The molecule has 102 valence electrons. The van der Waals surface area contributed by atoms with Gasteiger partial charge in [-0.15, -0.1) is 0 Å². The van der Waals surface area contributed by atoms with Gasteiger partial charge in [-0.25, -0.2) is 0 Å². The molecule has 0 radical (unpaired) electrons. The Morgan fingerprint density at radius 2 is 1.88 bits per heavy atom. The molecule has 0 saturated carbocycles. The minimum Gasteiger partial charge on any atom is -0.409 e. The zero-order valence-electron chi connectivity index (χ0n) is 11.8. The first-order valence-corrected chi connectivity index (χ1v) is 6.69. The molecule has 17 heavy (non-hydrogen) atoms. The van der Waals surface area contributed by atoms with Crippen LogP contribution in [0.3, 0.4) is 0 Å². The third-order valence-electron chi connectivity index (χ3n) is 3.45. The number of hydrogen-bond donors (Lipinski definition) is 3. The van der Waals surface area contributed by atoms with Crippen molar-refractivity contribution in [3.05, 3.63) is 0 Å². The third-order valence-corrected chi connectivity index (χ3v) is 3.45. The fraction of sp³-hybridized carbons (Fsp3) is 0.923. The summed E-state index contributed by atoms with van der Waals surface area (Å²) in [6.45, 7) is 9.50. The molecule has 0 amide bonds. The highest BCUT2D eigenvalue weighted by Gasteiger charge is 2.22. The quantitative estimate of drug-likeness (QED) is 0.192. The molecule has 0 aliphatic carbocycles. The summed E-state index contributed by atoms with van der Waals surface area (Å²) < 4.78 is 0. The Labute approximate surface area is 106 Å². The minimum atomic E-state index is -0.205. The second kappa shape index (κ2) is 8.34. The SMILES string of the molecule is CCC(CC)NCCCCC(C)(C)C(N)=NO. The summed E-state index contributed by atoms with van der Waals surface area (Å²) in [5, 5.41) is 15.3. The van der Waals surface area contributed by atoms with E-state index in [9.17, 15) is 0 Å². The van der Waals surface area contributed by atoms with E-state index in [0.717, 1.165) is 25.8 Å². The molecule has 0 aromatic rings. The normalized spacial score (nSPS) is 13.4. The maximum atomic E-state index is 8.66. The molecule has 0 heterocycles. The highest BCUT2D eigenvalue weighted by Crippen LogP contribution is 2.23. The Morgan fingerprint density at radius 3 is 2.35 bits per heavy atom. The molecule has 4 nitrogen and oxygen atoms in total. The molecule has 0 aliphatic rings. The summed E-state index contributed by atoms with van der Waals surface area (Å²) in [7, 11) is 0. The van der Waals surface area contributed by atoms with Crippen molar-refractivity contribution in [1.29, 1.82) is 0 Å². The number of hydrogen-bond acceptors (Lipinski definition) is 3. The molecule has 0 spiro atoms. The van der Waals surface area contributed by atoms with E-state index in [1.54, 1.807) is 0 Å². The Balaban J connectivity index is 3.71. The zero-order valence-corrected chi connectivity index (χ0v) is 11.8.